The highest BCUT2D eigenvalue weighted by Gasteiger charge is 2.02. The van der Waals surface area contributed by atoms with Crippen LogP contribution in [0.15, 0.2) is 54.7 Å². The van der Waals surface area contributed by atoms with Gasteiger partial charge in [-0.05, 0) is 35.8 Å². The Kier molecular flexibility index (Phi) is 5.98. The fourth-order valence-corrected chi connectivity index (χ4v) is 2.08. The Labute approximate surface area is 133 Å². The van der Waals surface area contributed by atoms with Crippen molar-refractivity contribution >= 4 is 23.7 Å². The molecule has 0 radical (unpaired) electrons. The zero-order valence-electron chi connectivity index (χ0n) is 11.9. The number of carbonyl (C=O) groups excluding carboxylic acids is 1. The summed E-state index contributed by atoms with van der Waals surface area (Å²) in [7, 11) is 0. The molecule has 2 N–H and O–H groups in total. The molecule has 2 rings (SSSR count). The van der Waals surface area contributed by atoms with Crippen LogP contribution in [0.2, 0.25) is 5.02 Å². The molecule has 0 aromatic heterocycles. The fraction of sp³-hybridized carbons (Fsp3) is 0.118. The molecule has 0 saturated carbocycles. The van der Waals surface area contributed by atoms with Crippen molar-refractivity contribution in [2.75, 3.05) is 6.54 Å². The van der Waals surface area contributed by atoms with E-state index >= 15 is 0 Å². The molecule has 3 nitrogen and oxygen atoms in total. The van der Waals surface area contributed by atoms with Crippen LogP contribution < -0.4 is 10.6 Å². The van der Waals surface area contributed by atoms with Crippen molar-refractivity contribution in [3.63, 3.8) is 0 Å². The van der Waals surface area contributed by atoms with Crippen LogP contribution in [0, 0.1) is 5.82 Å². The molecular weight excluding hydrogens is 303 g/mol. The smallest absolute Gasteiger partial charge is 0.318 e. The summed E-state index contributed by atoms with van der Waals surface area (Å²) >= 11 is 5.99. The first-order valence-electron chi connectivity index (χ1n) is 6.85. The molecule has 0 aliphatic rings. The molecule has 2 aromatic carbocycles. The highest BCUT2D eigenvalue weighted by Crippen LogP contribution is 2.15. The molecule has 5 heteroatoms. The molecule has 0 heterocycles. The van der Waals surface area contributed by atoms with Gasteiger partial charge in [0.15, 0.2) is 0 Å². The Bertz CT molecular complexity index is 673. The monoisotopic (exact) mass is 318 g/mol. The van der Waals surface area contributed by atoms with Crippen molar-refractivity contribution in [2.24, 2.45) is 0 Å². The van der Waals surface area contributed by atoms with Gasteiger partial charge in [0.2, 0.25) is 0 Å². The maximum Gasteiger partial charge on any atom is 0.318 e. The Morgan fingerprint density at radius 1 is 1.14 bits per heavy atom. The first-order chi connectivity index (χ1) is 10.7. The maximum atomic E-state index is 13.4. The molecule has 0 saturated heterocycles. The van der Waals surface area contributed by atoms with Crippen LogP contribution in [0.3, 0.4) is 0 Å². The number of hydrogen-bond donors (Lipinski definition) is 2. The molecule has 2 aromatic rings. The largest absolute Gasteiger partial charge is 0.338 e. The van der Waals surface area contributed by atoms with Crippen molar-refractivity contribution < 1.29 is 9.18 Å². The maximum absolute atomic E-state index is 13.4. The van der Waals surface area contributed by atoms with E-state index in [4.69, 9.17) is 11.6 Å². The number of urea groups is 1. The molecule has 0 aliphatic carbocycles. The lowest BCUT2D eigenvalue weighted by Gasteiger charge is -2.05. The predicted molar refractivity (Wildman–Crippen MR) is 87.1 cm³/mol. The molecule has 0 fully saturated rings. The van der Waals surface area contributed by atoms with Gasteiger partial charge in [0, 0.05) is 17.8 Å². The minimum atomic E-state index is -0.348. The fourth-order valence-electron chi connectivity index (χ4n) is 1.88. The van der Waals surface area contributed by atoms with Gasteiger partial charge in [0.05, 0.1) is 0 Å². The van der Waals surface area contributed by atoms with Crippen LogP contribution >= 0.6 is 11.6 Å². The van der Waals surface area contributed by atoms with Gasteiger partial charge >= 0.3 is 6.03 Å². The summed E-state index contributed by atoms with van der Waals surface area (Å²) in [5.74, 6) is -0.261. The Balaban J connectivity index is 1.75. The van der Waals surface area contributed by atoms with Crippen LogP contribution in [0.25, 0.3) is 6.08 Å². The van der Waals surface area contributed by atoms with E-state index in [0.29, 0.717) is 23.6 Å². The van der Waals surface area contributed by atoms with E-state index in [1.807, 2.05) is 18.2 Å². The van der Waals surface area contributed by atoms with Crippen molar-refractivity contribution in [3.8, 4) is 0 Å². The Morgan fingerprint density at radius 2 is 1.86 bits per heavy atom. The average molecular weight is 319 g/mol. The van der Waals surface area contributed by atoms with Gasteiger partial charge in [-0.3, -0.25) is 0 Å². The lowest BCUT2D eigenvalue weighted by molar-refractivity contribution is 0.244. The topological polar surface area (TPSA) is 41.1 Å². The van der Waals surface area contributed by atoms with Gasteiger partial charge in [-0.1, -0.05) is 48.0 Å². The standard InChI is InChI=1S/C17H16ClFN2O/c18-15-7-3-1-5-13(15)9-11-20-17(22)21-12-10-14-6-2-4-8-16(14)19/h1-9,11H,10,12H2,(H2,20,21,22)/b11-9+. The van der Waals surface area contributed by atoms with Crippen LogP contribution in [0.4, 0.5) is 9.18 Å². The van der Waals surface area contributed by atoms with Gasteiger partial charge in [0.25, 0.3) is 0 Å². The van der Waals surface area contributed by atoms with Gasteiger partial charge in [-0.25, -0.2) is 9.18 Å². The molecule has 0 spiro atoms. The summed E-state index contributed by atoms with van der Waals surface area (Å²) in [4.78, 5) is 11.6. The van der Waals surface area contributed by atoms with Crippen molar-refractivity contribution in [1.82, 2.24) is 10.6 Å². The molecule has 114 valence electrons. The van der Waals surface area contributed by atoms with Crippen molar-refractivity contribution in [2.45, 2.75) is 6.42 Å². The summed E-state index contributed by atoms with van der Waals surface area (Å²) in [5.41, 5.74) is 1.39. The van der Waals surface area contributed by atoms with Crippen LogP contribution in [-0.2, 0) is 6.42 Å². The second-order valence-electron chi connectivity index (χ2n) is 4.60. The highest BCUT2D eigenvalue weighted by atomic mass is 35.5. The predicted octanol–water partition coefficient (Wildman–Crippen LogP) is 3.99. The Hall–Kier alpha value is -2.33. The quantitative estimate of drug-likeness (QED) is 0.860. The first kappa shape index (κ1) is 16.0. The van der Waals surface area contributed by atoms with E-state index in [9.17, 15) is 9.18 Å². The van der Waals surface area contributed by atoms with E-state index in [0.717, 1.165) is 5.56 Å². The van der Waals surface area contributed by atoms with Gasteiger partial charge in [-0.15, -0.1) is 0 Å². The summed E-state index contributed by atoms with van der Waals surface area (Å²) < 4.78 is 13.4. The van der Waals surface area contributed by atoms with E-state index in [2.05, 4.69) is 10.6 Å². The van der Waals surface area contributed by atoms with Gasteiger partial charge in [0.1, 0.15) is 5.82 Å². The van der Waals surface area contributed by atoms with E-state index < -0.39 is 0 Å². The average Bonchev–Trinajstić information content (AvgIpc) is 2.51. The third kappa shape index (κ3) is 4.90. The molecule has 0 unspecified atom stereocenters. The first-order valence-corrected chi connectivity index (χ1v) is 7.23. The third-order valence-corrected chi connectivity index (χ3v) is 3.36. The number of hydrogen-bond acceptors (Lipinski definition) is 1. The van der Waals surface area contributed by atoms with Crippen LogP contribution in [-0.4, -0.2) is 12.6 Å². The lowest BCUT2D eigenvalue weighted by atomic mass is 10.1. The molecular formula is C17H16ClFN2O. The van der Waals surface area contributed by atoms with E-state index in [1.165, 1.54) is 12.3 Å². The minimum Gasteiger partial charge on any atom is -0.338 e. The zero-order valence-corrected chi connectivity index (χ0v) is 12.6. The van der Waals surface area contributed by atoms with Crippen LogP contribution in [0.5, 0.6) is 0 Å². The lowest BCUT2D eigenvalue weighted by Crippen LogP contribution is -2.33. The summed E-state index contributed by atoms with van der Waals surface area (Å²) in [6.45, 7) is 0.354. The summed E-state index contributed by atoms with van der Waals surface area (Å²) in [5, 5.41) is 5.85. The van der Waals surface area contributed by atoms with E-state index in [1.54, 1.807) is 30.3 Å². The molecule has 0 aliphatic heterocycles. The minimum absolute atomic E-state index is 0.261. The van der Waals surface area contributed by atoms with Crippen molar-refractivity contribution in [1.29, 1.82) is 0 Å². The van der Waals surface area contributed by atoms with Crippen molar-refractivity contribution in [3.05, 3.63) is 76.7 Å². The zero-order chi connectivity index (χ0) is 15.8. The second-order valence-corrected chi connectivity index (χ2v) is 5.00. The molecule has 22 heavy (non-hydrogen) atoms. The van der Waals surface area contributed by atoms with E-state index in [-0.39, 0.29) is 11.8 Å². The number of halogens is 2. The summed E-state index contributed by atoms with van der Waals surface area (Å²) in [6, 6.07) is 13.5. The third-order valence-electron chi connectivity index (χ3n) is 3.02. The SMILES string of the molecule is O=C(N/C=C/c1ccccc1Cl)NCCc1ccccc1F. The molecule has 0 bridgehead atoms. The normalized spacial score (nSPS) is 10.6. The number of nitrogens with one attached hydrogen (secondary N) is 2. The summed E-state index contributed by atoms with van der Waals surface area (Å²) in [6.07, 6.45) is 3.66. The molecule has 0 atom stereocenters. The number of benzene rings is 2. The number of rotatable bonds is 5. The van der Waals surface area contributed by atoms with Gasteiger partial charge in [-0.2, -0.15) is 0 Å². The second kappa shape index (κ2) is 8.20. The highest BCUT2D eigenvalue weighted by molar-refractivity contribution is 6.32. The van der Waals surface area contributed by atoms with Crippen LogP contribution in [0.1, 0.15) is 11.1 Å². The number of carbonyl (C=O) groups is 1. The Morgan fingerprint density at radius 3 is 2.64 bits per heavy atom. The molecule has 2 amide bonds. The number of amides is 2. The van der Waals surface area contributed by atoms with Gasteiger partial charge < -0.3 is 10.6 Å².